The van der Waals surface area contributed by atoms with Gasteiger partial charge in [-0.05, 0) is 80.2 Å². The maximum absolute atomic E-state index is 13.0. The topological polar surface area (TPSA) is 121 Å². The fourth-order valence-corrected chi connectivity index (χ4v) is 8.40. The Labute approximate surface area is 290 Å². The molecule has 0 amide bonds. The molecule has 0 spiro atoms. The minimum Gasteiger partial charge on any atom is -0.487 e. The van der Waals surface area contributed by atoms with E-state index < -0.39 is 15.9 Å². The molecule has 1 aliphatic carbocycles. The third-order valence-electron chi connectivity index (χ3n) is 9.25. The maximum Gasteiger partial charge on any atom is 0.248 e. The van der Waals surface area contributed by atoms with E-state index in [1.54, 1.807) is 12.1 Å². The molecule has 10 heteroatoms. The number of pyridine rings is 1. The van der Waals surface area contributed by atoms with Gasteiger partial charge in [0.25, 0.3) is 0 Å². The summed E-state index contributed by atoms with van der Waals surface area (Å²) in [7, 11) is -1.21. The fraction of sp³-hybridized carbons (Fsp3) is 0.462. The molecule has 5 rings (SSSR count). The molecule has 0 bridgehead atoms. The second kappa shape index (κ2) is 18.5. The van der Waals surface area contributed by atoms with Crippen LogP contribution in [0, 0.1) is 0 Å². The van der Waals surface area contributed by atoms with Gasteiger partial charge in [-0.25, -0.2) is 8.42 Å². The Morgan fingerprint density at radius 2 is 1.69 bits per heavy atom. The highest BCUT2D eigenvalue weighted by Gasteiger charge is 2.30. The number of hydrogen-bond donors (Lipinski definition) is 3. The Hall–Kier alpha value is -3.54. The fourth-order valence-electron chi connectivity index (χ4n) is 6.48. The summed E-state index contributed by atoms with van der Waals surface area (Å²) in [6.07, 6.45) is 6.98. The summed E-state index contributed by atoms with van der Waals surface area (Å²) >= 11 is 0. The summed E-state index contributed by atoms with van der Waals surface area (Å²) in [5, 5.41) is 14.9. The van der Waals surface area contributed by atoms with Crippen molar-refractivity contribution < 1.29 is 23.0 Å². The van der Waals surface area contributed by atoms with Crippen LogP contribution in [0.1, 0.15) is 74.2 Å². The lowest BCUT2D eigenvalue weighted by molar-refractivity contribution is 0.106. The third kappa shape index (κ3) is 10.7. The number of aliphatic hydroxyl groups excluding tert-OH is 1. The number of nitrogens with one attached hydrogen (secondary N) is 2. The highest BCUT2D eigenvalue weighted by molar-refractivity contribution is 7.92. The predicted octanol–water partition coefficient (Wildman–Crippen LogP) is 6.16. The number of aromatic amines is 1. The molecule has 1 atom stereocenters. The monoisotopic (exact) mass is 689 g/mol. The molecule has 0 saturated heterocycles. The van der Waals surface area contributed by atoms with Crippen LogP contribution in [-0.2, 0) is 27.7 Å². The zero-order chi connectivity index (χ0) is 34.5. The highest BCUT2D eigenvalue weighted by Crippen LogP contribution is 2.31. The number of hydrogen-bond acceptors (Lipinski definition) is 8. The first-order valence-electron chi connectivity index (χ1n) is 17.6. The van der Waals surface area contributed by atoms with Gasteiger partial charge in [-0.2, -0.15) is 0 Å². The number of likely N-dealkylation sites (N-methyl/N-ethyl adjacent to an activating group) is 1. The number of H-pyrrole nitrogens is 1. The van der Waals surface area contributed by atoms with Crippen LogP contribution in [-0.4, -0.2) is 68.6 Å². The van der Waals surface area contributed by atoms with E-state index in [2.05, 4.69) is 15.2 Å². The second-order valence-corrected chi connectivity index (χ2v) is 15.3. The van der Waals surface area contributed by atoms with E-state index in [0.717, 1.165) is 93.1 Å². The molecular weight excluding hydrogens is 639 g/mol. The van der Waals surface area contributed by atoms with Crippen molar-refractivity contribution in [3.8, 4) is 5.75 Å². The van der Waals surface area contributed by atoms with E-state index >= 15 is 0 Å². The van der Waals surface area contributed by atoms with E-state index in [-0.39, 0.29) is 10.8 Å². The summed E-state index contributed by atoms with van der Waals surface area (Å²) in [4.78, 5) is 17.6. The third-order valence-corrected chi connectivity index (χ3v) is 11.5. The lowest BCUT2D eigenvalue weighted by atomic mass is 10.0. The molecule has 1 heterocycles. The normalized spacial score (nSPS) is 14.5. The Morgan fingerprint density at radius 3 is 2.51 bits per heavy atom. The Morgan fingerprint density at radius 1 is 0.918 bits per heavy atom. The van der Waals surface area contributed by atoms with Crippen LogP contribution in [0.15, 0.2) is 88.6 Å². The molecular formula is C39H51N3O6S. The SMILES string of the molecule is CN(CCOCCCCCCNCC(O)c1ccc(OCc2ccccc2)c2[nH]c(=O)ccc12)Cc1cccc(S(=O)(=O)C2CCCC2)c1. The van der Waals surface area contributed by atoms with Gasteiger partial charge in [-0.3, -0.25) is 9.69 Å². The molecule has 0 aliphatic heterocycles. The number of aliphatic hydroxyl groups is 1. The predicted molar refractivity (Wildman–Crippen MR) is 195 cm³/mol. The van der Waals surface area contributed by atoms with Crippen LogP contribution >= 0.6 is 0 Å². The van der Waals surface area contributed by atoms with Crippen molar-refractivity contribution in [2.45, 2.75) is 80.8 Å². The van der Waals surface area contributed by atoms with Crippen LogP contribution in [0.2, 0.25) is 0 Å². The van der Waals surface area contributed by atoms with Crippen LogP contribution in [0.3, 0.4) is 0 Å². The first-order valence-corrected chi connectivity index (χ1v) is 19.2. The number of nitrogens with zero attached hydrogens (tertiary/aromatic N) is 1. The number of aromatic nitrogens is 1. The van der Waals surface area contributed by atoms with Crippen LogP contribution in [0.5, 0.6) is 5.75 Å². The second-order valence-electron chi connectivity index (χ2n) is 13.1. The average molecular weight is 690 g/mol. The zero-order valence-electron chi connectivity index (χ0n) is 28.6. The van der Waals surface area contributed by atoms with Crippen molar-refractivity contribution in [2.75, 3.05) is 39.9 Å². The molecule has 4 aromatic rings. The summed E-state index contributed by atoms with van der Waals surface area (Å²) in [6, 6.07) is 24.2. The molecule has 3 aromatic carbocycles. The van der Waals surface area contributed by atoms with E-state index in [1.807, 2.05) is 67.7 Å². The first kappa shape index (κ1) is 36.7. The van der Waals surface area contributed by atoms with Crippen molar-refractivity contribution in [1.82, 2.24) is 15.2 Å². The number of ether oxygens (including phenoxy) is 2. The average Bonchev–Trinajstić information content (AvgIpc) is 3.66. The van der Waals surface area contributed by atoms with Crippen LogP contribution < -0.4 is 15.6 Å². The minimum absolute atomic E-state index is 0.216. The molecule has 3 N–H and O–H groups in total. The van der Waals surface area contributed by atoms with Crippen molar-refractivity contribution in [3.05, 3.63) is 106 Å². The first-order chi connectivity index (χ1) is 23.8. The lowest BCUT2D eigenvalue weighted by Gasteiger charge is -2.18. The maximum atomic E-state index is 13.0. The van der Waals surface area contributed by atoms with E-state index in [0.29, 0.717) is 42.5 Å². The van der Waals surface area contributed by atoms with Crippen molar-refractivity contribution >= 4 is 20.7 Å². The highest BCUT2D eigenvalue weighted by atomic mass is 32.2. The van der Waals surface area contributed by atoms with Gasteiger partial charge in [0.1, 0.15) is 12.4 Å². The molecule has 9 nitrogen and oxygen atoms in total. The van der Waals surface area contributed by atoms with Gasteiger partial charge in [-0.1, -0.05) is 74.2 Å². The van der Waals surface area contributed by atoms with E-state index in [9.17, 15) is 18.3 Å². The van der Waals surface area contributed by atoms with Crippen LogP contribution in [0.25, 0.3) is 10.9 Å². The lowest BCUT2D eigenvalue weighted by Crippen LogP contribution is -2.23. The Kier molecular flexibility index (Phi) is 13.8. The van der Waals surface area contributed by atoms with Gasteiger partial charge < -0.3 is 24.9 Å². The molecule has 1 aliphatic rings. The van der Waals surface area contributed by atoms with Gasteiger partial charge in [0.15, 0.2) is 9.84 Å². The summed E-state index contributed by atoms with van der Waals surface area (Å²) < 4.78 is 37.8. The van der Waals surface area contributed by atoms with Crippen molar-refractivity contribution in [3.63, 3.8) is 0 Å². The molecule has 49 heavy (non-hydrogen) atoms. The molecule has 264 valence electrons. The number of fused-ring (bicyclic) bond motifs is 1. The van der Waals surface area contributed by atoms with Crippen LogP contribution in [0.4, 0.5) is 0 Å². The van der Waals surface area contributed by atoms with E-state index in [1.165, 1.54) is 6.07 Å². The molecule has 1 aromatic heterocycles. The van der Waals surface area contributed by atoms with Crippen molar-refractivity contribution in [2.24, 2.45) is 0 Å². The number of sulfone groups is 1. The molecule has 0 radical (unpaired) electrons. The Balaban J connectivity index is 0.940. The molecule has 1 saturated carbocycles. The van der Waals surface area contributed by atoms with Crippen molar-refractivity contribution in [1.29, 1.82) is 0 Å². The molecule has 1 fully saturated rings. The van der Waals surface area contributed by atoms with E-state index in [4.69, 9.17) is 9.47 Å². The summed E-state index contributed by atoms with van der Waals surface area (Å²) in [5.74, 6) is 0.575. The Bertz CT molecular complexity index is 1770. The minimum atomic E-state index is -3.24. The quantitative estimate of drug-likeness (QED) is 0.0945. The molecule has 1 unspecified atom stereocenters. The standard InChI is InChI=1S/C39H51N3O6S/c1-42(28-31-14-11-17-33(26-31)49(45,46)32-15-7-8-16-32)23-25-47-24-10-3-2-9-22-40-27-36(43)34-18-20-37(39-35(34)19-21-38(44)41-39)48-29-30-12-5-4-6-13-30/h4-6,11-14,17-21,26,32,36,40,43H,2-3,7-10,15-16,22-25,27-29H2,1H3,(H,41,44). The zero-order valence-corrected chi connectivity index (χ0v) is 29.4. The van der Waals surface area contributed by atoms with Gasteiger partial charge in [0.05, 0.1) is 28.4 Å². The van der Waals surface area contributed by atoms with Gasteiger partial charge >= 0.3 is 0 Å². The number of rotatable bonds is 20. The smallest absolute Gasteiger partial charge is 0.248 e. The van der Waals surface area contributed by atoms with Gasteiger partial charge in [0.2, 0.25) is 5.56 Å². The number of unbranched alkanes of at least 4 members (excludes halogenated alkanes) is 3. The van der Waals surface area contributed by atoms with Gasteiger partial charge in [0, 0.05) is 37.7 Å². The van der Waals surface area contributed by atoms with Gasteiger partial charge in [-0.15, -0.1) is 0 Å². The summed E-state index contributed by atoms with van der Waals surface area (Å²) in [5.41, 5.74) is 3.16. The number of benzene rings is 3. The largest absolute Gasteiger partial charge is 0.487 e. The summed E-state index contributed by atoms with van der Waals surface area (Å²) in [6.45, 7) is 4.42.